The molecule has 3 atom stereocenters. The molecule has 0 saturated heterocycles. The number of aliphatic carboxylic acids is 1. The first-order chi connectivity index (χ1) is 28.6. The largest absolute Gasteiger partial charge is 0.480 e. The van der Waals surface area contributed by atoms with Crippen molar-refractivity contribution in [2.45, 2.75) is 238 Å². The molecule has 59 heavy (non-hydrogen) atoms. The van der Waals surface area contributed by atoms with E-state index < -0.39 is 51.1 Å². The van der Waals surface area contributed by atoms with Gasteiger partial charge in [0, 0.05) is 12.8 Å². The minimum Gasteiger partial charge on any atom is -0.480 e. The van der Waals surface area contributed by atoms with E-state index >= 15 is 0 Å². The van der Waals surface area contributed by atoms with Crippen LogP contribution in [0.2, 0.25) is 0 Å². The molecular weight excluding hydrogens is 769 g/mol. The average molecular weight is 858 g/mol. The first-order valence-electron chi connectivity index (χ1n) is 23.9. The number of carboxylic acids is 1. The number of carbonyl (C=O) groups is 3. The summed E-state index contributed by atoms with van der Waals surface area (Å²) in [5.74, 6) is -2.37. The fraction of sp³-hybridized carbons (Fsp3) is 0.851. The Morgan fingerprint density at radius 1 is 0.525 bits per heavy atom. The molecule has 1 unspecified atom stereocenters. The molecule has 346 valence electrons. The van der Waals surface area contributed by atoms with Crippen LogP contribution in [-0.2, 0) is 37.5 Å². The number of rotatable bonds is 45. The standard InChI is InChI=1S/C47H88NO10P/c1-3-5-7-9-11-13-15-17-19-21-23-25-27-29-31-33-35-37-39-46(50)58-43(41-56-59(53,54)57-42-44(48)47(51)52)40-55-45(49)38-36-34-32-30-28-26-24-22-20-18-16-14-12-10-8-6-4-2/h12,14,18,20,43-44H,3-11,13,15-17,19,21-42,48H2,1-2H3,(H,51,52)(H,53,54)/b14-12-,20-18-/t43-,44+/m1/s1. The second-order valence-corrected chi connectivity index (χ2v) is 17.7. The summed E-state index contributed by atoms with van der Waals surface area (Å²) in [6.07, 6.45) is 45.2. The fourth-order valence-corrected chi connectivity index (χ4v) is 7.46. The van der Waals surface area contributed by atoms with Gasteiger partial charge in [0.2, 0.25) is 0 Å². The lowest BCUT2D eigenvalue weighted by Gasteiger charge is -2.20. The van der Waals surface area contributed by atoms with Crippen LogP contribution in [0.5, 0.6) is 0 Å². The molecule has 0 spiro atoms. The fourth-order valence-electron chi connectivity index (χ4n) is 6.68. The van der Waals surface area contributed by atoms with Crippen LogP contribution in [0.25, 0.3) is 0 Å². The molecule has 0 bridgehead atoms. The molecule has 11 nitrogen and oxygen atoms in total. The van der Waals surface area contributed by atoms with Gasteiger partial charge in [-0.15, -0.1) is 0 Å². The van der Waals surface area contributed by atoms with Crippen molar-refractivity contribution >= 4 is 25.7 Å². The highest BCUT2D eigenvalue weighted by Gasteiger charge is 2.28. The van der Waals surface area contributed by atoms with E-state index in [-0.39, 0.29) is 19.4 Å². The van der Waals surface area contributed by atoms with Crippen LogP contribution in [0.15, 0.2) is 24.3 Å². The molecule has 0 radical (unpaired) electrons. The molecule has 0 heterocycles. The summed E-state index contributed by atoms with van der Waals surface area (Å²) in [7, 11) is -4.72. The molecule has 12 heteroatoms. The third kappa shape index (κ3) is 42.4. The van der Waals surface area contributed by atoms with Crippen LogP contribution in [0.3, 0.4) is 0 Å². The molecule has 0 rings (SSSR count). The number of carboxylic acid groups (broad SMARTS) is 1. The van der Waals surface area contributed by atoms with Crippen molar-refractivity contribution in [1.29, 1.82) is 0 Å². The predicted molar refractivity (Wildman–Crippen MR) is 240 cm³/mol. The topological polar surface area (TPSA) is 172 Å². The molecule has 4 N–H and O–H groups in total. The molecule has 0 aromatic rings. The minimum absolute atomic E-state index is 0.164. The van der Waals surface area contributed by atoms with E-state index in [0.29, 0.717) is 12.8 Å². The van der Waals surface area contributed by atoms with Gasteiger partial charge in [-0.3, -0.25) is 23.4 Å². The number of nitrogens with two attached hydrogens (primary N) is 1. The Bertz CT molecular complexity index is 1100. The van der Waals surface area contributed by atoms with Crippen LogP contribution in [0, 0.1) is 0 Å². The SMILES string of the molecule is CCCCC/C=C\C/C=C\CCCCCCCCCC(=O)OC[C@H](COP(=O)(O)OC[C@H](N)C(=O)O)OC(=O)CCCCCCCCCCCCCCCCCCCC. The summed E-state index contributed by atoms with van der Waals surface area (Å²) in [6, 6.07) is -1.52. The van der Waals surface area contributed by atoms with Gasteiger partial charge in [-0.2, -0.15) is 0 Å². The molecule has 0 aromatic heterocycles. The van der Waals surface area contributed by atoms with Crippen molar-refractivity contribution in [3.8, 4) is 0 Å². The van der Waals surface area contributed by atoms with Crippen LogP contribution in [0.4, 0.5) is 0 Å². The maximum absolute atomic E-state index is 12.7. The molecule has 0 aliphatic rings. The van der Waals surface area contributed by atoms with Gasteiger partial charge in [0.15, 0.2) is 6.10 Å². The zero-order valence-corrected chi connectivity index (χ0v) is 38.5. The molecule has 0 saturated carbocycles. The van der Waals surface area contributed by atoms with Crippen molar-refractivity contribution in [2.75, 3.05) is 19.8 Å². The molecule has 0 amide bonds. The summed E-state index contributed by atoms with van der Waals surface area (Å²) in [5.41, 5.74) is 5.34. The van der Waals surface area contributed by atoms with Gasteiger partial charge in [0.1, 0.15) is 12.6 Å². The summed E-state index contributed by atoms with van der Waals surface area (Å²) in [4.78, 5) is 46.1. The number of esters is 2. The first kappa shape index (κ1) is 57.0. The van der Waals surface area contributed by atoms with Gasteiger partial charge < -0.3 is 25.2 Å². The summed E-state index contributed by atoms with van der Waals surface area (Å²) in [5, 5.41) is 8.90. The maximum atomic E-state index is 12.7. The van der Waals surface area contributed by atoms with Crippen LogP contribution in [0.1, 0.15) is 226 Å². The Morgan fingerprint density at radius 3 is 1.36 bits per heavy atom. The monoisotopic (exact) mass is 858 g/mol. The number of carbonyl (C=O) groups excluding carboxylic acids is 2. The quantitative estimate of drug-likeness (QED) is 0.0230. The molecular formula is C47H88NO10P. The van der Waals surface area contributed by atoms with Gasteiger partial charge in [-0.05, 0) is 44.9 Å². The van der Waals surface area contributed by atoms with Crippen molar-refractivity contribution in [2.24, 2.45) is 5.73 Å². The Hall–Kier alpha value is -2.04. The van der Waals surface area contributed by atoms with Crippen molar-refractivity contribution in [3.63, 3.8) is 0 Å². The first-order valence-corrected chi connectivity index (χ1v) is 25.4. The number of hydrogen-bond donors (Lipinski definition) is 3. The van der Waals surface area contributed by atoms with Crippen molar-refractivity contribution < 1.29 is 47.5 Å². The van der Waals surface area contributed by atoms with E-state index in [4.69, 9.17) is 24.8 Å². The van der Waals surface area contributed by atoms with Gasteiger partial charge in [-0.1, -0.05) is 192 Å². The zero-order valence-electron chi connectivity index (χ0n) is 37.6. The number of hydrogen-bond acceptors (Lipinski definition) is 9. The van der Waals surface area contributed by atoms with Gasteiger partial charge in [0.05, 0.1) is 13.2 Å². The average Bonchev–Trinajstić information content (AvgIpc) is 3.21. The minimum atomic E-state index is -4.72. The van der Waals surface area contributed by atoms with E-state index in [1.165, 1.54) is 135 Å². The Labute approximate surface area is 360 Å². The number of ether oxygens (including phenoxy) is 2. The van der Waals surface area contributed by atoms with Gasteiger partial charge in [-0.25, -0.2) is 4.57 Å². The number of phosphoric ester groups is 1. The second kappa shape index (κ2) is 42.6. The van der Waals surface area contributed by atoms with Crippen LogP contribution in [-0.4, -0.2) is 59.9 Å². The molecule has 0 aromatic carbocycles. The predicted octanol–water partition coefficient (Wildman–Crippen LogP) is 13.0. The Morgan fingerprint density at radius 2 is 0.898 bits per heavy atom. The van der Waals surface area contributed by atoms with E-state index in [9.17, 15) is 23.8 Å². The normalized spacial score (nSPS) is 13.8. The van der Waals surface area contributed by atoms with Crippen molar-refractivity contribution in [1.82, 2.24) is 0 Å². The lowest BCUT2D eigenvalue weighted by atomic mass is 10.0. The van der Waals surface area contributed by atoms with Gasteiger partial charge >= 0.3 is 25.7 Å². The molecule has 0 fully saturated rings. The summed E-state index contributed by atoms with van der Waals surface area (Å²) in [6.45, 7) is 2.80. The maximum Gasteiger partial charge on any atom is 0.472 e. The zero-order chi connectivity index (χ0) is 43.5. The number of unbranched alkanes of at least 4 members (excludes halogenated alkanes) is 27. The van der Waals surface area contributed by atoms with Crippen molar-refractivity contribution in [3.05, 3.63) is 24.3 Å². The Balaban J connectivity index is 4.29. The summed E-state index contributed by atoms with van der Waals surface area (Å²) < 4.78 is 32.8. The highest BCUT2D eigenvalue weighted by molar-refractivity contribution is 7.47. The van der Waals surface area contributed by atoms with E-state index in [1.807, 2.05) is 0 Å². The third-order valence-corrected chi connectivity index (χ3v) is 11.4. The van der Waals surface area contributed by atoms with E-state index in [0.717, 1.165) is 51.4 Å². The van der Waals surface area contributed by atoms with E-state index in [2.05, 4.69) is 42.7 Å². The van der Waals surface area contributed by atoms with Crippen LogP contribution < -0.4 is 5.73 Å². The number of allylic oxidation sites excluding steroid dienone is 4. The molecule has 0 aliphatic carbocycles. The number of phosphoric acid groups is 1. The smallest absolute Gasteiger partial charge is 0.472 e. The highest BCUT2D eigenvalue weighted by Crippen LogP contribution is 2.43. The van der Waals surface area contributed by atoms with Crippen LogP contribution >= 0.6 is 7.82 Å². The summed E-state index contributed by atoms with van der Waals surface area (Å²) >= 11 is 0. The Kier molecular flexibility index (Phi) is 41.2. The lowest BCUT2D eigenvalue weighted by Crippen LogP contribution is -2.34. The highest BCUT2D eigenvalue weighted by atomic mass is 31.2. The molecule has 0 aliphatic heterocycles. The van der Waals surface area contributed by atoms with E-state index in [1.54, 1.807) is 0 Å². The van der Waals surface area contributed by atoms with Gasteiger partial charge in [0.25, 0.3) is 0 Å². The third-order valence-electron chi connectivity index (χ3n) is 10.5. The lowest BCUT2D eigenvalue weighted by molar-refractivity contribution is -0.161. The second-order valence-electron chi connectivity index (χ2n) is 16.2.